The Labute approximate surface area is 132 Å². The molecule has 1 N–H and O–H groups in total. The zero-order valence-electron chi connectivity index (χ0n) is 14.5. The minimum Gasteiger partial charge on any atom is -0.382 e. The summed E-state index contributed by atoms with van der Waals surface area (Å²) in [6, 6.07) is 0. The number of hydrogen-bond acceptors (Lipinski definition) is 3. The van der Waals surface area contributed by atoms with Crippen molar-refractivity contribution in [3.63, 3.8) is 0 Å². The standard InChI is InChI=1S/C16H35NO3S/c1-6-7-8-9-10-13-17-21(18,19)16(14(2)3)12-11-15(4)20-5/h14-17H,6-13H2,1-5H3. The molecule has 0 rings (SSSR count). The molecule has 0 bridgehead atoms. The van der Waals surface area contributed by atoms with Gasteiger partial charge in [0, 0.05) is 13.7 Å². The van der Waals surface area contributed by atoms with Gasteiger partial charge >= 0.3 is 0 Å². The molecule has 0 saturated heterocycles. The predicted molar refractivity (Wildman–Crippen MR) is 90.0 cm³/mol. The van der Waals surface area contributed by atoms with E-state index in [9.17, 15) is 8.42 Å². The maximum atomic E-state index is 12.4. The molecule has 0 aromatic heterocycles. The first-order valence-electron chi connectivity index (χ1n) is 8.36. The van der Waals surface area contributed by atoms with Gasteiger partial charge in [-0.05, 0) is 32.1 Å². The lowest BCUT2D eigenvalue weighted by Crippen LogP contribution is -2.38. The van der Waals surface area contributed by atoms with Crippen LogP contribution in [0.4, 0.5) is 0 Å². The molecule has 0 aliphatic rings. The fourth-order valence-electron chi connectivity index (χ4n) is 2.41. The third-order valence-corrected chi connectivity index (χ3v) is 6.17. The van der Waals surface area contributed by atoms with E-state index in [2.05, 4.69) is 11.6 Å². The molecule has 2 atom stereocenters. The molecule has 21 heavy (non-hydrogen) atoms. The van der Waals surface area contributed by atoms with Crippen LogP contribution in [0, 0.1) is 5.92 Å². The van der Waals surface area contributed by atoms with Crippen molar-refractivity contribution in [2.24, 2.45) is 5.92 Å². The third-order valence-electron chi connectivity index (χ3n) is 3.99. The highest BCUT2D eigenvalue weighted by Crippen LogP contribution is 2.19. The van der Waals surface area contributed by atoms with Gasteiger partial charge < -0.3 is 4.74 Å². The van der Waals surface area contributed by atoms with Gasteiger partial charge in [-0.2, -0.15) is 0 Å². The lowest BCUT2D eigenvalue weighted by Gasteiger charge is -2.23. The second kappa shape index (κ2) is 11.4. The largest absolute Gasteiger partial charge is 0.382 e. The summed E-state index contributed by atoms with van der Waals surface area (Å²) in [5.74, 6) is 0.117. The molecule has 128 valence electrons. The van der Waals surface area contributed by atoms with Crippen LogP contribution in [0.25, 0.3) is 0 Å². The van der Waals surface area contributed by atoms with E-state index in [0.717, 1.165) is 19.3 Å². The zero-order chi connectivity index (χ0) is 16.3. The Kier molecular flexibility index (Phi) is 11.4. The fraction of sp³-hybridized carbons (Fsp3) is 1.00. The van der Waals surface area contributed by atoms with E-state index in [-0.39, 0.29) is 17.3 Å². The molecule has 0 amide bonds. The van der Waals surface area contributed by atoms with Gasteiger partial charge in [-0.3, -0.25) is 0 Å². The van der Waals surface area contributed by atoms with E-state index in [0.29, 0.717) is 13.0 Å². The summed E-state index contributed by atoms with van der Waals surface area (Å²) < 4.78 is 32.8. The van der Waals surface area contributed by atoms with Gasteiger partial charge in [0.1, 0.15) is 0 Å². The van der Waals surface area contributed by atoms with E-state index in [1.165, 1.54) is 19.3 Å². The Hall–Kier alpha value is -0.130. The van der Waals surface area contributed by atoms with Crippen LogP contribution < -0.4 is 4.72 Å². The fourth-order valence-corrected chi connectivity index (χ4v) is 4.22. The van der Waals surface area contributed by atoms with Gasteiger partial charge in [-0.25, -0.2) is 13.1 Å². The molecule has 0 heterocycles. The maximum absolute atomic E-state index is 12.4. The minimum atomic E-state index is -3.22. The van der Waals surface area contributed by atoms with Crippen LogP contribution in [-0.4, -0.2) is 33.4 Å². The molecule has 0 aliphatic heterocycles. The number of hydrogen-bond donors (Lipinski definition) is 1. The summed E-state index contributed by atoms with van der Waals surface area (Å²) >= 11 is 0. The number of unbranched alkanes of at least 4 members (excludes halogenated alkanes) is 4. The summed E-state index contributed by atoms with van der Waals surface area (Å²) in [5.41, 5.74) is 0. The highest BCUT2D eigenvalue weighted by atomic mass is 32.2. The average molecular weight is 322 g/mol. The second-order valence-corrected chi connectivity index (χ2v) is 8.24. The molecule has 4 nitrogen and oxygen atoms in total. The van der Waals surface area contributed by atoms with Crippen LogP contribution >= 0.6 is 0 Å². The molecule has 0 aromatic rings. The number of rotatable bonds is 13. The molecular weight excluding hydrogens is 286 g/mol. The first-order valence-corrected chi connectivity index (χ1v) is 9.91. The van der Waals surface area contributed by atoms with Gasteiger partial charge in [-0.15, -0.1) is 0 Å². The molecule has 5 heteroatoms. The van der Waals surface area contributed by atoms with Gasteiger partial charge in [0.25, 0.3) is 0 Å². The van der Waals surface area contributed by atoms with Crippen molar-refractivity contribution < 1.29 is 13.2 Å². The summed E-state index contributed by atoms with van der Waals surface area (Å²) in [6.45, 7) is 8.67. The average Bonchev–Trinajstić information content (AvgIpc) is 2.41. The number of nitrogens with one attached hydrogen (secondary N) is 1. The van der Waals surface area contributed by atoms with Crippen molar-refractivity contribution in [2.75, 3.05) is 13.7 Å². The normalized spacial score (nSPS) is 15.3. The Morgan fingerprint density at radius 3 is 2.14 bits per heavy atom. The van der Waals surface area contributed by atoms with Crippen LogP contribution in [0.1, 0.15) is 72.6 Å². The summed E-state index contributed by atoms with van der Waals surface area (Å²) in [7, 11) is -1.56. The van der Waals surface area contributed by atoms with Gasteiger partial charge in [0.2, 0.25) is 10.0 Å². The predicted octanol–water partition coefficient (Wildman–Crippen LogP) is 3.72. The maximum Gasteiger partial charge on any atom is 0.214 e. The van der Waals surface area contributed by atoms with Crippen molar-refractivity contribution in [1.82, 2.24) is 4.72 Å². The molecule has 2 unspecified atom stereocenters. The van der Waals surface area contributed by atoms with E-state index in [4.69, 9.17) is 4.74 Å². The second-order valence-electron chi connectivity index (χ2n) is 6.26. The molecule has 0 aliphatic carbocycles. The van der Waals surface area contributed by atoms with Crippen molar-refractivity contribution in [3.8, 4) is 0 Å². The molecule has 0 spiro atoms. The van der Waals surface area contributed by atoms with Gasteiger partial charge in [-0.1, -0.05) is 46.5 Å². The molecule has 0 radical (unpaired) electrons. The van der Waals surface area contributed by atoms with Crippen LogP contribution in [0.5, 0.6) is 0 Å². The van der Waals surface area contributed by atoms with Crippen LogP contribution in [0.2, 0.25) is 0 Å². The van der Waals surface area contributed by atoms with Crippen molar-refractivity contribution in [1.29, 1.82) is 0 Å². The third kappa shape index (κ3) is 9.48. The quantitative estimate of drug-likeness (QED) is 0.526. The van der Waals surface area contributed by atoms with Crippen molar-refractivity contribution in [2.45, 2.75) is 84.0 Å². The molecule has 0 aromatic carbocycles. The van der Waals surface area contributed by atoms with E-state index < -0.39 is 10.0 Å². The molecule has 0 saturated carbocycles. The number of sulfonamides is 1. The van der Waals surface area contributed by atoms with Crippen LogP contribution in [-0.2, 0) is 14.8 Å². The molecule has 0 fully saturated rings. The summed E-state index contributed by atoms with van der Waals surface area (Å²) in [5, 5.41) is -0.328. The van der Waals surface area contributed by atoms with E-state index in [1.54, 1.807) is 7.11 Å². The number of methoxy groups -OCH3 is 1. The van der Waals surface area contributed by atoms with Gasteiger partial charge in [0.05, 0.1) is 11.4 Å². The van der Waals surface area contributed by atoms with Crippen LogP contribution in [0.3, 0.4) is 0 Å². The monoisotopic (exact) mass is 321 g/mol. The molecular formula is C16H35NO3S. The Morgan fingerprint density at radius 1 is 1.00 bits per heavy atom. The highest BCUT2D eigenvalue weighted by molar-refractivity contribution is 7.90. The first kappa shape index (κ1) is 20.9. The van der Waals surface area contributed by atoms with Crippen molar-refractivity contribution in [3.05, 3.63) is 0 Å². The van der Waals surface area contributed by atoms with E-state index in [1.807, 2.05) is 20.8 Å². The van der Waals surface area contributed by atoms with Gasteiger partial charge in [0.15, 0.2) is 0 Å². The lowest BCUT2D eigenvalue weighted by molar-refractivity contribution is 0.108. The smallest absolute Gasteiger partial charge is 0.214 e. The first-order chi connectivity index (χ1) is 9.85. The topological polar surface area (TPSA) is 55.4 Å². The highest BCUT2D eigenvalue weighted by Gasteiger charge is 2.28. The summed E-state index contributed by atoms with van der Waals surface area (Å²) in [4.78, 5) is 0. The Morgan fingerprint density at radius 2 is 1.62 bits per heavy atom. The van der Waals surface area contributed by atoms with Crippen molar-refractivity contribution >= 4 is 10.0 Å². The number of ether oxygens (including phenoxy) is 1. The SMILES string of the molecule is CCCCCCCNS(=O)(=O)C(CCC(C)OC)C(C)C. The van der Waals surface area contributed by atoms with E-state index >= 15 is 0 Å². The Bertz CT molecular complexity index is 341. The van der Waals surface area contributed by atoms with Crippen LogP contribution in [0.15, 0.2) is 0 Å². The Balaban J connectivity index is 4.25. The minimum absolute atomic E-state index is 0.107. The zero-order valence-corrected chi connectivity index (χ0v) is 15.3. The lowest BCUT2D eigenvalue weighted by atomic mass is 10.0. The summed E-state index contributed by atoms with van der Waals surface area (Å²) in [6.07, 6.45) is 7.19.